The van der Waals surface area contributed by atoms with Crippen molar-refractivity contribution in [3.8, 4) is 5.75 Å². The standard InChI is InChI=1S/C17H27F2N3O2.HI/c1-20-17(21-11-5-4-6-12-23-3)22(2)13-14-7-9-15(10-8-14)24-16(18)19;/h7-10,16H,4-6,11-13H2,1-3H3,(H,20,21);1H. The molecule has 1 aromatic rings. The van der Waals surface area contributed by atoms with E-state index in [4.69, 9.17) is 4.74 Å². The molecule has 5 nitrogen and oxygen atoms in total. The second-order valence-electron chi connectivity index (χ2n) is 5.41. The smallest absolute Gasteiger partial charge is 0.387 e. The molecule has 0 fully saturated rings. The number of rotatable bonds is 10. The molecule has 1 rings (SSSR count). The summed E-state index contributed by atoms with van der Waals surface area (Å²) in [6.45, 7) is -0.537. The Morgan fingerprint density at radius 2 is 1.88 bits per heavy atom. The van der Waals surface area contributed by atoms with Gasteiger partial charge in [0, 0.05) is 40.9 Å². The average molecular weight is 471 g/mol. The summed E-state index contributed by atoms with van der Waals surface area (Å²) in [5, 5.41) is 3.32. The van der Waals surface area contributed by atoms with E-state index in [0.717, 1.165) is 43.9 Å². The molecule has 1 N–H and O–H groups in total. The molecule has 0 bridgehead atoms. The van der Waals surface area contributed by atoms with Gasteiger partial charge in [0.2, 0.25) is 0 Å². The monoisotopic (exact) mass is 471 g/mol. The Morgan fingerprint density at radius 1 is 1.20 bits per heavy atom. The third-order valence-corrected chi connectivity index (χ3v) is 3.45. The topological polar surface area (TPSA) is 46.1 Å². The maximum absolute atomic E-state index is 12.1. The molecule has 0 amide bonds. The van der Waals surface area contributed by atoms with E-state index in [1.165, 1.54) is 0 Å². The first-order valence-corrected chi connectivity index (χ1v) is 8.01. The van der Waals surface area contributed by atoms with Crippen molar-refractivity contribution < 1.29 is 18.3 Å². The summed E-state index contributed by atoms with van der Waals surface area (Å²) in [6.07, 6.45) is 3.21. The van der Waals surface area contributed by atoms with Gasteiger partial charge in [0.15, 0.2) is 5.96 Å². The zero-order chi connectivity index (χ0) is 17.8. The molecular formula is C17H28F2IN3O2. The van der Waals surface area contributed by atoms with Gasteiger partial charge in [-0.05, 0) is 37.0 Å². The number of methoxy groups -OCH3 is 1. The van der Waals surface area contributed by atoms with Crippen LogP contribution in [0.25, 0.3) is 0 Å². The fourth-order valence-electron chi connectivity index (χ4n) is 2.26. The SMILES string of the molecule is CN=C(NCCCCCOC)N(C)Cc1ccc(OC(F)F)cc1.I. The lowest BCUT2D eigenvalue weighted by Gasteiger charge is -2.22. The Kier molecular flexibility index (Phi) is 13.4. The minimum atomic E-state index is -2.80. The van der Waals surface area contributed by atoms with Crippen molar-refractivity contribution in [2.75, 3.05) is 34.4 Å². The summed E-state index contributed by atoms with van der Waals surface area (Å²) in [7, 11) is 5.38. The fourth-order valence-corrected chi connectivity index (χ4v) is 2.26. The quantitative estimate of drug-likeness (QED) is 0.245. The number of halogens is 3. The first kappa shape index (κ1) is 23.8. The minimum absolute atomic E-state index is 0. The zero-order valence-corrected chi connectivity index (χ0v) is 17.3. The molecular weight excluding hydrogens is 443 g/mol. The van der Waals surface area contributed by atoms with Gasteiger partial charge in [-0.15, -0.1) is 24.0 Å². The van der Waals surface area contributed by atoms with Crippen LogP contribution in [0.1, 0.15) is 24.8 Å². The van der Waals surface area contributed by atoms with Crippen LogP contribution >= 0.6 is 24.0 Å². The Labute approximate surface area is 165 Å². The van der Waals surface area contributed by atoms with Crippen molar-refractivity contribution in [2.45, 2.75) is 32.4 Å². The molecule has 0 atom stereocenters. The lowest BCUT2D eigenvalue weighted by atomic mass is 10.2. The lowest BCUT2D eigenvalue weighted by molar-refractivity contribution is -0.0498. The number of hydrogen-bond acceptors (Lipinski definition) is 3. The Morgan fingerprint density at radius 3 is 2.44 bits per heavy atom. The number of alkyl halides is 2. The van der Waals surface area contributed by atoms with Crippen LogP contribution in [0.2, 0.25) is 0 Å². The molecule has 0 aliphatic carbocycles. The van der Waals surface area contributed by atoms with Gasteiger partial charge in [0.25, 0.3) is 0 Å². The fraction of sp³-hybridized carbons (Fsp3) is 0.588. The maximum Gasteiger partial charge on any atom is 0.387 e. The summed E-state index contributed by atoms with van der Waals surface area (Å²) >= 11 is 0. The first-order valence-electron chi connectivity index (χ1n) is 8.01. The van der Waals surface area contributed by atoms with Crippen LogP contribution in [0.15, 0.2) is 29.3 Å². The summed E-state index contributed by atoms with van der Waals surface area (Å²) in [5.41, 5.74) is 0.988. The molecule has 25 heavy (non-hydrogen) atoms. The summed E-state index contributed by atoms with van der Waals surface area (Å²) in [5.74, 6) is 0.963. The van der Waals surface area contributed by atoms with Crippen LogP contribution in [-0.2, 0) is 11.3 Å². The molecule has 8 heteroatoms. The number of guanidine groups is 1. The number of aliphatic imine (C=N–C) groups is 1. The summed E-state index contributed by atoms with van der Waals surface area (Å²) in [6, 6.07) is 6.63. The number of ether oxygens (including phenoxy) is 2. The van der Waals surface area contributed by atoms with E-state index in [2.05, 4.69) is 15.0 Å². The molecule has 0 saturated heterocycles. The van der Waals surface area contributed by atoms with E-state index < -0.39 is 6.61 Å². The number of nitrogens with one attached hydrogen (secondary N) is 1. The van der Waals surface area contributed by atoms with Crippen molar-refractivity contribution in [1.82, 2.24) is 10.2 Å². The number of nitrogens with zero attached hydrogens (tertiary/aromatic N) is 2. The van der Waals surface area contributed by atoms with E-state index in [9.17, 15) is 8.78 Å². The highest BCUT2D eigenvalue weighted by atomic mass is 127. The van der Waals surface area contributed by atoms with E-state index >= 15 is 0 Å². The van der Waals surface area contributed by atoms with Crippen molar-refractivity contribution in [3.05, 3.63) is 29.8 Å². The predicted molar refractivity (Wildman–Crippen MR) is 107 cm³/mol. The van der Waals surface area contributed by atoms with Gasteiger partial charge in [0.05, 0.1) is 0 Å². The highest BCUT2D eigenvalue weighted by molar-refractivity contribution is 14.0. The van der Waals surface area contributed by atoms with Crippen molar-refractivity contribution in [3.63, 3.8) is 0 Å². The predicted octanol–water partition coefficient (Wildman–Crippen LogP) is 3.73. The van der Waals surface area contributed by atoms with Crippen LogP contribution in [-0.4, -0.2) is 51.8 Å². The normalized spacial score (nSPS) is 11.2. The third-order valence-electron chi connectivity index (χ3n) is 3.45. The van der Waals surface area contributed by atoms with Gasteiger partial charge >= 0.3 is 6.61 Å². The van der Waals surface area contributed by atoms with Crippen molar-refractivity contribution in [1.29, 1.82) is 0 Å². The highest BCUT2D eigenvalue weighted by Crippen LogP contribution is 2.15. The second kappa shape index (κ2) is 14.1. The van der Waals surface area contributed by atoms with Crippen molar-refractivity contribution in [2.24, 2.45) is 4.99 Å². The molecule has 1 aromatic carbocycles. The molecule has 0 unspecified atom stereocenters. The molecule has 0 spiro atoms. The van der Waals surface area contributed by atoms with Gasteiger partial charge < -0.3 is 19.7 Å². The van der Waals surface area contributed by atoms with Gasteiger partial charge in [-0.2, -0.15) is 8.78 Å². The summed E-state index contributed by atoms with van der Waals surface area (Å²) < 4.78 is 33.6. The van der Waals surface area contributed by atoms with Crippen LogP contribution in [0.4, 0.5) is 8.78 Å². The number of hydrogen-bond donors (Lipinski definition) is 1. The largest absolute Gasteiger partial charge is 0.435 e. The van der Waals surface area contributed by atoms with E-state index in [-0.39, 0.29) is 29.7 Å². The molecule has 0 heterocycles. The first-order chi connectivity index (χ1) is 11.6. The Bertz CT molecular complexity index is 487. The van der Waals surface area contributed by atoms with Gasteiger partial charge in [-0.25, -0.2) is 0 Å². The maximum atomic E-state index is 12.1. The minimum Gasteiger partial charge on any atom is -0.435 e. The Hall–Kier alpha value is -1.16. The number of benzene rings is 1. The average Bonchev–Trinajstić information content (AvgIpc) is 2.55. The molecule has 0 saturated carbocycles. The third kappa shape index (κ3) is 10.4. The lowest BCUT2D eigenvalue weighted by Crippen LogP contribution is -2.38. The molecule has 0 radical (unpaired) electrons. The zero-order valence-electron chi connectivity index (χ0n) is 15.0. The van der Waals surface area contributed by atoms with E-state index in [0.29, 0.717) is 6.54 Å². The van der Waals surface area contributed by atoms with Crippen LogP contribution in [0, 0.1) is 0 Å². The van der Waals surface area contributed by atoms with Gasteiger partial charge in [-0.3, -0.25) is 4.99 Å². The van der Waals surface area contributed by atoms with E-state index in [1.54, 1.807) is 38.4 Å². The van der Waals surface area contributed by atoms with Crippen LogP contribution in [0.5, 0.6) is 5.75 Å². The van der Waals surface area contributed by atoms with Crippen LogP contribution < -0.4 is 10.1 Å². The van der Waals surface area contributed by atoms with Crippen LogP contribution in [0.3, 0.4) is 0 Å². The summed E-state index contributed by atoms with van der Waals surface area (Å²) in [4.78, 5) is 6.24. The molecule has 0 aliphatic rings. The van der Waals surface area contributed by atoms with Gasteiger partial charge in [-0.1, -0.05) is 12.1 Å². The van der Waals surface area contributed by atoms with Crippen molar-refractivity contribution >= 4 is 29.9 Å². The molecule has 0 aliphatic heterocycles. The number of unbranched alkanes of at least 4 members (excludes halogenated alkanes) is 2. The highest BCUT2D eigenvalue weighted by Gasteiger charge is 2.08. The second-order valence-corrected chi connectivity index (χ2v) is 5.41. The Balaban J connectivity index is 0.00000576. The molecule has 0 aromatic heterocycles. The molecule has 144 valence electrons. The van der Waals surface area contributed by atoms with Gasteiger partial charge in [0.1, 0.15) is 5.75 Å². The van der Waals surface area contributed by atoms with E-state index in [1.807, 2.05) is 11.9 Å².